The van der Waals surface area contributed by atoms with Gasteiger partial charge in [0.1, 0.15) is 5.54 Å². The summed E-state index contributed by atoms with van der Waals surface area (Å²) in [7, 11) is 0. The molecule has 4 nitrogen and oxygen atoms in total. The third-order valence-electron chi connectivity index (χ3n) is 4.78. The molecular formula is C16H30N2O2. The lowest BCUT2D eigenvalue weighted by molar-refractivity contribution is -0.151. The van der Waals surface area contributed by atoms with Crippen LogP contribution in [0.4, 0.5) is 0 Å². The summed E-state index contributed by atoms with van der Waals surface area (Å²) in [5.74, 6) is -0.0343. The maximum atomic E-state index is 12.4. The van der Waals surface area contributed by atoms with Crippen LogP contribution in [0.3, 0.4) is 0 Å². The molecule has 0 radical (unpaired) electrons. The molecule has 0 amide bonds. The van der Waals surface area contributed by atoms with E-state index in [1.807, 2.05) is 6.92 Å². The maximum absolute atomic E-state index is 12.4. The molecule has 0 spiro atoms. The van der Waals surface area contributed by atoms with E-state index in [1.165, 1.54) is 32.4 Å². The summed E-state index contributed by atoms with van der Waals surface area (Å²) in [4.78, 5) is 15.0. The van der Waals surface area contributed by atoms with Gasteiger partial charge in [0, 0.05) is 6.04 Å². The highest BCUT2D eigenvalue weighted by Crippen LogP contribution is 2.35. The first-order valence-electron chi connectivity index (χ1n) is 8.38. The number of carbonyl (C=O) groups excluding carboxylic acids is 1. The van der Waals surface area contributed by atoms with Gasteiger partial charge in [0.2, 0.25) is 0 Å². The van der Waals surface area contributed by atoms with Crippen LogP contribution in [-0.4, -0.2) is 48.7 Å². The van der Waals surface area contributed by atoms with Gasteiger partial charge >= 0.3 is 5.97 Å². The molecule has 2 unspecified atom stereocenters. The number of hydrogen-bond acceptors (Lipinski definition) is 4. The van der Waals surface area contributed by atoms with Crippen molar-refractivity contribution in [1.29, 1.82) is 0 Å². The maximum Gasteiger partial charge on any atom is 0.326 e. The number of hydrogen-bond donors (Lipinski definition) is 1. The lowest BCUT2D eigenvalue weighted by Gasteiger charge is -2.34. The van der Waals surface area contributed by atoms with Crippen LogP contribution in [0.25, 0.3) is 0 Å². The molecule has 0 aromatic carbocycles. The Labute approximate surface area is 123 Å². The highest BCUT2D eigenvalue weighted by molar-refractivity contribution is 5.81. The molecule has 1 heterocycles. The standard InChI is InChI=1S/C16H30N2O2/c1-3-10-17-16(15(19)20-4-2)9-8-14(13-16)18-11-6-5-7-12-18/h14,17H,3-13H2,1-2H3. The van der Waals surface area contributed by atoms with Crippen molar-refractivity contribution in [3.05, 3.63) is 0 Å². The summed E-state index contributed by atoms with van der Waals surface area (Å²) in [6.07, 6.45) is 8.00. The van der Waals surface area contributed by atoms with E-state index in [4.69, 9.17) is 4.74 Å². The number of likely N-dealkylation sites (tertiary alicyclic amines) is 1. The van der Waals surface area contributed by atoms with Crippen LogP contribution in [0, 0.1) is 0 Å². The summed E-state index contributed by atoms with van der Waals surface area (Å²) >= 11 is 0. The zero-order chi connectivity index (χ0) is 14.4. The van der Waals surface area contributed by atoms with E-state index >= 15 is 0 Å². The lowest BCUT2D eigenvalue weighted by atomic mass is 9.96. The minimum absolute atomic E-state index is 0.0343. The molecule has 20 heavy (non-hydrogen) atoms. The van der Waals surface area contributed by atoms with Crippen molar-refractivity contribution in [3.63, 3.8) is 0 Å². The van der Waals surface area contributed by atoms with Crippen LogP contribution in [0.2, 0.25) is 0 Å². The molecule has 1 saturated heterocycles. The second-order valence-corrected chi connectivity index (χ2v) is 6.22. The third kappa shape index (κ3) is 3.53. The van der Waals surface area contributed by atoms with E-state index in [9.17, 15) is 4.79 Å². The Balaban J connectivity index is 1.99. The van der Waals surface area contributed by atoms with Gasteiger partial charge in [-0.05, 0) is 65.1 Å². The van der Waals surface area contributed by atoms with Gasteiger partial charge < -0.3 is 15.0 Å². The minimum Gasteiger partial charge on any atom is -0.465 e. The number of carbonyl (C=O) groups is 1. The average Bonchev–Trinajstić information content (AvgIpc) is 2.92. The molecule has 0 aromatic rings. The lowest BCUT2D eigenvalue weighted by Crippen LogP contribution is -2.52. The van der Waals surface area contributed by atoms with Gasteiger partial charge in [0.15, 0.2) is 0 Å². The summed E-state index contributed by atoms with van der Waals surface area (Å²) < 4.78 is 5.34. The SMILES string of the molecule is CCCNC1(C(=O)OCC)CCC(N2CCCCC2)C1. The van der Waals surface area contributed by atoms with Crippen LogP contribution in [0.15, 0.2) is 0 Å². The summed E-state index contributed by atoms with van der Waals surface area (Å²) in [6, 6.07) is 0.559. The number of nitrogens with one attached hydrogen (secondary N) is 1. The first kappa shape index (κ1) is 15.8. The van der Waals surface area contributed by atoms with Crippen molar-refractivity contribution in [2.24, 2.45) is 0 Å². The Morgan fingerprint density at radius 2 is 2.05 bits per heavy atom. The van der Waals surface area contributed by atoms with Crippen LogP contribution in [-0.2, 0) is 9.53 Å². The van der Waals surface area contributed by atoms with Crippen molar-refractivity contribution in [3.8, 4) is 0 Å². The average molecular weight is 282 g/mol. The molecule has 116 valence electrons. The van der Waals surface area contributed by atoms with Gasteiger partial charge in [-0.25, -0.2) is 0 Å². The quantitative estimate of drug-likeness (QED) is 0.759. The minimum atomic E-state index is -0.422. The van der Waals surface area contributed by atoms with Crippen LogP contribution in [0.1, 0.15) is 58.8 Å². The van der Waals surface area contributed by atoms with Crippen molar-refractivity contribution in [2.75, 3.05) is 26.2 Å². The molecule has 2 atom stereocenters. The van der Waals surface area contributed by atoms with E-state index in [2.05, 4.69) is 17.1 Å². The van der Waals surface area contributed by atoms with E-state index in [-0.39, 0.29) is 5.97 Å². The molecule has 1 N–H and O–H groups in total. The fourth-order valence-corrected chi connectivity index (χ4v) is 3.67. The Bertz CT molecular complexity index is 316. The normalized spacial score (nSPS) is 31.4. The van der Waals surface area contributed by atoms with Crippen molar-refractivity contribution in [1.82, 2.24) is 10.2 Å². The van der Waals surface area contributed by atoms with Crippen LogP contribution in [0.5, 0.6) is 0 Å². The van der Waals surface area contributed by atoms with E-state index in [1.54, 1.807) is 0 Å². The molecule has 1 aliphatic heterocycles. The summed E-state index contributed by atoms with van der Waals surface area (Å²) in [6.45, 7) is 7.81. The predicted molar refractivity (Wildman–Crippen MR) is 80.7 cm³/mol. The van der Waals surface area contributed by atoms with E-state index in [0.29, 0.717) is 12.6 Å². The second-order valence-electron chi connectivity index (χ2n) is 6.22. The van der Waals surface area contributed by atoms with Crippen molar-refractivity contribution < 1.29 is 9.53 Å². The van der Waals surface area contributed by atoms with Crippen molar-refractivity contribution >= 4 is 5.97 Å². The first-order chi connectivity index (χ1) is 9.72. The highest BCUT2D eigenvalue weighted by Gasteiger charge is 2.47. The Kier molecular flexibility index (Phi) is 5.85. The first-order valence-corrected chi connectivity index (χ1v) is 8.38. The highest BCUT2D eigenvalue weighted by atomic mass is 16.5. The monoisotopic (exact) mass is 282 g/mol. The third-order valence-corrected chi connectivity index (χ3v) is 4.78. The topological polar surface area (TPSA) is 41.6 Å². The largest absolute Gasteiger partial charge is 0.465 e. The molecule has 2 rings (SSSR count). The Morgan fingerprint density at radius 3 is 2.70 bits per heavy atom. The fraction of sp³-hybridized carbons (Fsp3) is 0.938. The number of rotatable bonds is 6. The molecule has 0 bridgehead atoms. The number of ether oxygens (including phenoxy) is 1. The Morgan fingerprint density at radius 1 is 1.30 bits per heavy atom. The van der Waals surface area contributed by atoms with Gasteiger partial charge in [0.05, 0.1) is 6.61 Å². The zero-order valence-corrected chi connectivity index (χ0v) is 13.1. The number of esters is 1. The Hall–Kier alpha value is -0.610. The van der Waals surface area contributed by atoms with Crippen LogP contribution >= 0.6 is 0 Å². The van der Waals surface area contributed by atoms with Gasteiger partial charge in [-0.15, -0.1) is 0 Å². The molecular weight excluding hydrogens is 252 g/mol. The van der Waals surface area contributed by atoms with Gasteiger partial charge in [-0.3, -0.25) is 4.79 Å². The van der Waals surface area contributed by atoms with E-state index in [0.717, 1.165) is 32.2 Å². The second kappa shape index (κ2) is 7.41. The summed E-state index contributed by atoms with van der Waals surface area (Å²) in [5, 5.41) is 3.50. The van der Waals surface area contributed by atoms with Gasteiger partial charge in [-0.2, -0.15) is 0 Å². The van der Waals surface area contributed by atoms with E-state index < -0.39 is 5.54 Å². The number of nitrogens with zero attached hydrogens (tertiary/aromatic N) is 1. The smallest absolute Gasteiger partial charge is 0.326 e. The molecule has 1 saturated carbocycles. The van der Waals surface area contributed by atoms with Gasteiger partial charge in [-0.1, -0.05) is 13.3 Å². The predicted octanol–water partition coefficient (Wildman–Crippen LogP) is 2.33. The van der Waals surface area contributed by atoms with Gasteiger partial charge in [0.25, 0.3) is 0 Å². The molecule has 4 heteroatoms. The number of piperidine rings is 1. The molecule has 2 fully saturated rings. The van der Waals surface area contributed by atoms with Crippen molar-refractivity contribution in [2.45, 2.75) is 70.4 Å². The fourth-order valence-electron chi connectivity index (χ4n) is 3.67. The molecule has 1 aliphatic carbocycles. The molecule has 0 aromatic heterocycles. The molecule has 2 aliphatic rings. The zero-order valence-electron chi connectivity index (χ0n) is 13.1. The summed E-state index contributed by atoms with van der Waals surface area (Å²) in [5.41, 5.74) is -0.422. The van der Waals surface area contributed by atoms with Crippen LogP contribution < -0.4 is 5.32 Å².